The quantitative estimate of drug-likeness (QED) is 0.774. The Kier molecular flexibility index (Phi) is 3.30. The average molecular weight is 278 g/mol. The minimum Gasteiger partial charge on any atom is -0.382 e. The van der Waals surface area contributed by atoms with Gasteiger partial charge >= 0.3 is 0 Å². The van der Waals surface area contributed by atoms with Gasteiger partial charge in [-0.25, -0.2) is 0 Å². The first-order valence-corrected chi connectivity index (χ1v) is 8.07. The lowest BCUT2D eigenvalue weighted by Crippen LogP contribution is -2.24. The Hall–Kier alpha value is -1.96. The van der Waals surface area contributed by atoms with Crippen molar-refractivity contribution in [3.8, 4) is 0 Å². The van der Waals surface area contributed by atoms with Crippen molar-refractivity contribution in [2.24, 2.45) is 11.8 Å². The van der Waals surface area contributed by atoms with Gasteiger partial charge in [-0.2, -0.15) is 0 Å². The summed E-state index contributed by atoms with van der Waals surface area (Å²) in [5.41, 5.74) is 3.53. The number of hydrogen-bond donors (Lipinski definition) is 2. The Morgan fingerprint density at radius 3 is 1.76 bits per heavy atom. The maximum atomic E-state index is 3.77. The molecule has 108 valence electrons. The summed E-state index contributed by atoms with van der Waals surface area (Å²) in [6, 6.07) is 19.7. The molecule has 21 heavy (non-hydrogen) atoms. The fraction of sp³-hybridized carbons (Fsp3) is 0.368. The predicted molar refractivity (Wildman–Crippen MR) is 89.0 cm³/mol. The second-order valence-electron chi connectivity index (χ2n) is 6.41. The number of nitrogens with one attached hydrogen (secondary N) is 2. The van der Waals surface area contributed by atoms with Gasteiger partial charge < -0.3 is 10.6 Å². The first kappa shape index (κ1) is 12.8. The number of hydrogen-bond acceptors (Lipinski definition) is 2. The maximum Gasteiger partial charge on any atom is 0.0385 e. The third kappa shape index (κ3) is 3.21. The van der Waals surface area contributed by atoms with Crippen LogP contribution in [0.25, 0.3) is 0 Å². The minimum absolute atomic E-state index is 0.720. The lowest BCUT2D eigenvalue weighted by atomic mass is 10.1. The SMILES string of the molecule is c1ccc(Nc2ccc(NC(C3CC3)C3CC3)cc2)cc1. The Balaban J connectivity index is 1.41. The number of anilines is 3. The van der Waals surface area contributed by atoms with Gasteiger partial charge in [-0.15, -0.1) is 0 Å². The number of rotatable bonds is 6. The van der Waals surface area contributed by atoms with Gasteiger partial charge in [0.05, 0.1) is 0 Å². The highest BCUT2D eigenvalue weighted by atomic mass is 15.0. The molecule has 2 saturated carbocycles. The molecule has 2 nitrogen and oxygen atoms in total. The molecule has 0 unspecified atom stereocenters. The van der Waals surface area contributed by atoms with E-state index in [1.165, 1.54) is 31.4 Å². The van der Waals surface area contributed by atoms with Crippen LogP contribution in [0.3, 0.4) is 0 Å². The molecule has 0 heterocycles. The fourth-order valence-corrected chi connectivity index (χ4v) is 3.06. The smallest absolute Gasteiger partial charge is 0.0385 e. The molecule has 0 spiro atoms. The van der Waals surface area contributed by atoms with E-state index in [4.69, 9.17) is 0 Å². The van der Waals surface area contributed by atoms with E-state index in [2.05, 4.69) is 47.0 Å². The van der Waals surface area contributed by atoms with E-state index in [9.17, 15) is 0 Å². The summed E-state index contributed by atoms with van der Waals surface area (Å²) in [5, 5.41) is 7.19. The zero-order chi connectivity index (χ0) is 14.1. The topological polar surface area (TPSA) is 24.1 Å². The summed E-state index contributed by atoms with van der Waals surface area (Å²) in [7, 11) is 0. The van der Waals surface area contributed by atoms with Gasteiger partial charge in [0.25, 0.3) is 0 Å². The Bertz CT molecular complexity index is 571. The number of para-hydroxylation sites is 1. The van der Waals surface area contributed by atoms with E-state index in [-0.39, 0.29) is 0 Å². The van der Waals surface area contributed by atoms with Crippen molar-refractivity contribution in [2.75, 3.05) is 10.6 Å². The minimum atomic E-state index is 0.720. The monoisotopic (exact) mass is 278 g/mol. The van der Waals surface area contributed by atoms with Crippen molar-refractivity contribution in [1.29, 1.82) is 0 Å². The first-order valence-electron chi connectivity index (χ1n) is 8.07. The van der Waals surface area contributed by atoms with Crippen molar-refractivity contribution in [3.05, 3.63) is 54.6 Å². The zero-order valence-corrected chi connectivity index (χ0v) is 12.3. The summed E-state index contributed by atoms with van der Waals surface area (Å²) in [6.45, 7) is 0. The van der Waals surface area contributed by atoms with E-state index >= 15 is 0 Å². The standard InChI is InChI=1S/C19H22N2/c1-2-4-16(5-3-1)20-17-10-12-18(13-11-17)21-19(14-6-7-14)15-8-9-15/h1-5,10-15,19-21H,6-9H2. The lowest BCUT2D eigenvalue weighted by molar-refractivity contribution is 0.568. The summed E-state index contributed by atoms with van der Waals surface area (Å²) >= 11 is 0. The van der Waals surface area contributed by atoms with Crippen LogP contribution in [-0.2, 0) is 0 Å². The van der Waals surface area contributed by atoms with E-state index in [1.54, 1.807) is 0 Å². The highest BCUT2D eigenvalue weighted by molar-refractivity contribution is 5.62. The second kappa shape index (κ2) is 5.44. The molecule has 4 rings (SSSR count). The van der Waals surface area contributed by atoms with Gasteiger partial charge in [-0.05, 0) is 73.9 Å². The van der Waals surface area contributed by atoms with Crippen LogP contribution in [0.1, 0.15) is 25.7 Å². The summed E-state index contributed by atoms with van der Waals surface area (Å²) in [4.78, 5) is 0. The van der Waals surface area contributed by atoms with Crippen molar-refractivity contribution < 1.29 is 0 Å². The van der Waals surface area contributed by atoms with Crippen LogP contribution in [0.4, 0.5) is 17.1 Å². The van der Waals surface area contributed by atoms with Crippen LogP contribution in [0.15, 0.2) is 54.6 Å². The summed E-state index contributed by atoms with van der Waals surface area (Å²) in [5.74, 6) is 1.86. The van der Waals surface area contributed by atoms with Crippen LogP contribution >= 0.6 is 0 Å². The molecule has 0 aliphatic heterocycles. The normalized spacial score (nSPS) is 17.8. The molecule has 2 aliphatic carbocycles. The maximum absolute atomic E-state index is 3.77. The highest BCUT2D eigenvalue weighted by Crippen LogP contribution is 2.45. The van der Waals surface area contributed by atoms with Gasteiger partial charge in [0.15, 0.2) is 0 Å². The van der Waals surface area contributed by atoms with Gasteiger partial charge in [0.1, 0.15) is 0 Å². The number of benzene rings is 2. The Labute approximate surface area is 126 Å². The van der Waals surface area contributed by atoms with Crippen molar-refractivity contribution in [3.63, 3.8) is 0 Å². The van der Waals surface area contributed by atoms with Crippen molar-refractivity contribution in [1.82, 2.24) is 0 Å². The van der Waals surface area contributed by atoms with Gasteiger partial charge in [-0.3, -0.25) is 0 Å². The molecule has 0 amide bonds. The van der Waals surface area contributed by atoms with Crippen LogP contribution in [-0.4, -0.2) is 6.04 Å². The van der Waals surface area contributed by atoms with Crippen molar-refractivity contribution >= 4 is 17.1 Å². The third-order valence-electron chi connectivity index (χ3n) is 4.54. The fourth-order valence-electron chi connectivity index (χ4n) is 3.06. The Morgan fingerprint density at radius 2 is 1.19 bits per heavy atom. The molecule has 2 N–H and O–H groups in total. The molecule has 2 aromatic rings. The van der Waals surface area contributed by atoms with Gasteiger partial charge in [-0.1, -0.05) is 18.2 Å². The van der Waals surface area contributed by atoms with E-state index in [0.717, 1.165) is 29.3 Å². The van der Waals surface area contributed by atoms with Crippen LogP contribution < -0.4 is 10.6 Å². The molecular weight excluding hydrogens is 256 g/mol. The van der Waals surface area contributed by atoms with E-state index in [0.29, 0.717) is 0 Å². The average Bonchev–Trinajstić information content (AvgIpc) is 3.40. The van der Waals surface area contributed by atoms with E-state index < -0.39 is 0 Å². The lowest BCUT2D eigenvalue weighted by Gasteiger charge is -2.19. The summed E-state index contributed by atoms with van der Waals surface area (Å²) < 4.78 is 0. The molecule has 0 atom stereocenters. The largest absolute Gasteiger partial charge is 0.382 e. The van der Waals surface area contributed by atoms with Gasteiger partial charge in [0, 0.05) is 23.1 Å². The molecule has 2 aromatic carbocycles. The Morgan fingerprint density at radius 1 is 0.667 bits per heavy atom. The highest BCUT2D eigenvalue weighted by Gasteiger charge is 2.41. The van der Waals surface area contributed by atoms with Crippen LogP contribution in [0.2, 0.25) is 0 Å². The first-order chi connectivity index (χ1) is 10.4. The van der Waals surface area contributed by atoms with Crippen LogP contribution in [0.5, 0.6) is 0 Å². The zero-order valence-electron chi connectivity index (χ0n) is 12.3. The second-order valence-corrected chi connectivity index (χ2v) is 6.41. The molecular formula is C19H22N2. The molecule has 0 bridgehead atoms. The molecule has 0 aromatic heterocycles. The van der Waals surface area contributed by atoms with Gasteiger partial charge in [0.2, 0.25) is 0 Å². The molecule has 2 heteroatoms. The molecule has 2 aliphatic rings. The third-order valence-corrected chi connectivity index (χ3v) is 4.54. The predicted octanol–water partition coefficient (Wildman–Crippen LogP) is 5.03. The molecule has 0 radical (unpaired) electrons. The van der Waals surface area contributed by atoms with Crippen LogP contribution in [0, 0.1) is 11.8 Å². The van der Waals surface area contributed by atoms with Crippen molar-refractivity contribution in [2.45, 2.75) is 31.7 Å². The van der Waals surface area contributed by atoms with E-state index in [1.807, 2.05) is 18.2 Å². The summed E-state index contributed by atoms with van der Waals surface area (Å²) in [6.07, 6.45) is 5.67. The molecule has 0 saturated heterocycles. The molecule has 2 fully saturated rings.